The molecule has 1 aliphatic rings. The molecule has 10 nitrogen and oxygen atoms in total. The van der Waals surface area contributed by atoms with Crippen molar-refractivity contribution in [3.05, 3.63) is 0 Å². The van der Waals surface area contributed by atoms with Gasteiger partial charge < -0.3 is 22.6 Å². The van der Waals surface area contributed by atoms with Gasteiger partial charge in [-0.25, -0.2) is 0 Å². The molecule has 0 atom stereocenters. The first-order valence-corrected chi connectivity index (χ1v) is 18.8. The molecule has 0 N–H and O–H groups in total. The summed E-state index contributed by atoms with van der Waals surface area (Å²) in [6.45, 7) is 6.25. The van der Waals surface area contributed by atoms with Crippen molar-refractivity contribution >= 4 is 38.7 Å². The zero-order valence-corrected chi connectivity index (χ0v) is 24.9. The monoisotopic (exact) mass is 615 g/mol. The summed E-state index contributed by atoms with van der Waals surface area (Å²) in [5.41, 5.74) is 0. The number of hydrogen-bond donors (Lipinski definition) is 0. The van der Waals surface area contributed by atoms with Crippen LogP contribution in [0, 0.1) is 0 Å². The zero-order chi connectivity index (χ0) is 26.6. The van der Waals surface area contributed by atoms with Gasteiger partial charge in [-0.2, -0.15) is 21.0 Å². The van der Waals surface area contributed by atoms with Gasteiger partial charge >= 0.3 is 38.7 Å². The molecule has 0 saturated heterocycles. The Morgan fingerprint density at radius 1 is 0.371 bits per heavy atom. The Labute approximate surface area is 205 Å². The fourth-order valence-corrected chi connectivity index (χ4v) is 14.0. The molecule has 1 aliphatic heterocycles. The molecule has 0 radical (unpaired) electrons. The number of halogens is 5. The van der Waals surface area contributed by atoms with Gasteiger partial charge in [0.15, 0.2) is 0 Å². The average molecular weight is 615 g/mol. The summed E-state index contributed by atoms with van der Waals surface area (Å²) in [6, 6.07) is 0. The minimum atomic E-state index is -5.28. The summed E-state index contributed by atoms with van der Waals surface area (Å²) in [5, 5.41) is 0. The van der Waals surface area contributed by atoms with Gasteiger partial charge in [-0.1, -0.05) is 34.6 Å². The maximum absolute atomic E-state index is 15.9. The van der Waals surface area contributed by atoms with Crippen molar-refractivity contribution in [1.82, 2.24) is 0 Å². The minimum Gasteiger partial charge on any atom is -0.303 e. The summed E-state index contributed by atoms with van der Waals surface area (Å²) in [4.78, 5) is 0. The van der Waals surface area contributed by atoms with Crippen molar-refractivity contribution in [2.24, 2.45) is 22.6 Å². The van der Waals surface area contributed by atoms with E-state index in [4.69, 9.17) is 22.6 Å². The third kappa shape index (κ3) is 11.9. The lowest BCUT2D eigenvalue weighted by atomic mass is 10.5. The Hall–Kier alpha value is 0.600. The highest BCUT2D eigenvalue weighted by atomic mass is 31.3. The maximum Gasteiger partial charge on any atom is 0.387 e. The van der Waals surface area contributed by atoms with Crippen molar-refractivity contribution in [2.75, 3.05) is 33.0 Å². The maximum atomic E-state index is 15.9. The van der Waals surface area contributed by atoms with Crippen LogP contribution in [0.15, 0.2) is 22.6 Å². The van der Waals surface area contributed by atoms with Crippen LogP contribution in [0.4, 0.5) is 21.0 Å². The van der Waals surface area contributed by atoms with Crippen molar-refractivity contribution in [2.45, 2.75) is 66.7 Å². The highest BCUT2D eigenvalue weighted by Gasteiger charge is 2.42. The summed E-state index contributed by atoms with van der Waals surface area (Å²) in [6.07, 6.45) is 1.11. The molecule has 0 aliphatic carbocycles. The Kier molecular flexibility index (Phi) is 14.7. The predicted octanol–water partition coefficient (Wildman–Crippen LogP) is 11.7. The lowest BCUT2D eigenvalue weighted by Crippen LogP contribution is -1.94. The Bertz CT molecular complexity index is 767. The fraction of sp³-hybridized carbons (Fsp3) is 1.00. The molecule has 0 aromatic carbocycles. The van der Waals surface area contributed by atoms with Gasteiger partial charge in [0, 0.05) is 0 Å². The quantitative estimate of drug-likeness (QED) is 0.135. The van der Waals surface area contributed by atoms with Crippen LogP contribution in [0.25, 0.3) is 0 Å². The van der Waals surface area contributed by atoms with Crippen LogP contribution in [0.2, 0.25) is 0 Å². The number of hydrogen-bond acceptors (Lipinski definition) is 10. The van der Waals surface area contributed by atoms with Gasteiger partial charge in [-0.3, -0.25) is 0 Å². The predicted molar refractivity (Wildman–Crippen MR) is 133 cm³/mol. The van der Waals surface area contributed by atoms with Gasteiger partial charge in [-0.15, -0.1) is 22.6 Å². The highest BCUT2D eigenvalue weighted by molar-refractivity contribution is 7.78. The average Bonchev–Trinajstić information content (AvgIpc) is 2.76. The summed E-state index contributed by atoms with van der Waals surface area (Å²) >= 11 is 0. The first-order valence-electron chi connectivity index (χ1n) is 11.2. The Morgan fingerprint density at radius 2 is 0.514 bits per heavy atom. The molecule has 0 amide bonds. The van der Waals surface area contributed by atoms with Gasteiger partial charge in [0.25, 0.3) is 0 Å². The Balaban J connectivity index is 4.19. The SMILES string of the molecule is CCCOP1(F)=NP(F)(OCCC)=NP(F)(OCCC)=NP(F)(OCCC)=NP(F)(OCCC)=N1. The fourth-order valence-electron chi connectivity index (χ4n) is 2.07. The van der Waals surface area contributed by atoms with Crippen LogP contribution in [-0.4, -0.2) is 33.0 Å². The van der Waals surface area contributed by atoms with Crippen molar-refractivity contribution in [3.8, 4) is 0 Å². The van der Waals surface area contributed by atoms with Crippen LogP contribution >= 0.6 is 38.7 Å². The summed E-state index contributed by atoms with van der Waals surface area (Å²) < 4.78 is 121. The van der Waals surface area contributed by atoms with E-state index in [1.54, 1.807) is 34.6 Å². The molecule has 0 saturated carbocycles. The second-order valence-electron chi connectivity index (χ2n) is 6.98. The smallest absolute Gasteiger partial charge is 0.303 e. The first-order chi connectivity index (χ1) is 16.3. The topological polar surface area (TPSA) is 108 Å². The van der Waals surface area contributed by atoms with E-state index in [-0.39, 0.29) is 65.1 Å². The molecular formula is C15H35F5N5O5P5. The van der Waals surface area contributed by atoms with Gasteiger partial charge in [0.2, 0.25) is 0 Å². The zero-order valence-electron chi connectivity index (χ0n) is 20.5. The molecular weight excluding hydrogens is 580 g/mol. The lowest BCUT2D eigenvalue weighted by Gasteiger charge is -2.23. The van der Waals surface area contributed by atoms with E-state index in [0.717, 1.165) is 0 Å². The van der Waals surface area contributed by atoms with E-state index >= 15 is 21.0 Å². The largest absolute Gasteiger partial charge is 0.387 e. The summed E-state index contributed by atoms with van der Waals surface area (Å²) in [5.74, 6) is 0. The second-order valence-corrected chi connectivity index (χ2v) is 16.6. The Morgan fingerprint density at radius 3 is 0.629 bits per heavy atom. The highest BCUT2D eigenvalue weighted by Crippen LogP contribution is 2.82. The molecule has 20 heteroatoms. The molecule has 0 bridgehead atoms. The molecule has 0 aromatic heterocycles. The van der Waals surface area contributed by atoms with E-state index in [2.05, 4.69) is 22.6 Å². The van der Waals surface area contributed by atoms with Crippen LogP contribution < -0.4 is 0 Å². The van der Waals surface area contributed by atoms with Gasteiger partial charge in [-0.05, 0) is 32.1 Å². The molecule has 0 aromatic rings. The third-order valence-corrected chi connectivity index (χ3v) is 14.8. The molecule has 0 fully saturated rings. The number of rotatable bonds is 15. The number of nitrogens with zero attached hydrogens (tertiary/aromatic N) is 5. The molecule has 1 heterocycles. The molecule has 1 rings (SSSR count). The van der Waals surface area contributed by atoms with Gasteiger partial charge in [0.05, 0.1) is 33.0 Å². The minimum absolute atomic E-state index is 0.223. The molecule has 0 spiro atoms. The lowest BCUT2D eigenvalue weighted by molar-refractivity contribution is 0.306. The second kappa shape index (κ2) is 15.3. The molecule has 35 heavy (non-hydrogen) atoms. The normalized spacial score (nSPS) is 35.7. The van der Waals surface area contributed by atoms with E-state index in [1.165, 1.54) is 0 Å². The van der Waals surface area contributed by atoms with Gasteiger partial charge in [0.1, 0.15) is 0 Å². The van der Waals surface area contributed by atoms with E-state index < -0.39 is 38.7 Å². The van der Waals surface area contributed by atoms with E-state index in [9.17, 15) is 0 Å². The van der Waals surface area contributed by atoms with Crippen molar-refractivity contribution in [3.63, 3.8) is 0 Å². The molecule has 210 valence electrons. The summed E-state index contributed by atoms with van der Waals surface area (Å²) in [7, 11) is -26.4. The van der Waals surface area contributed by atoms with E-state index in [0.29, 0.717) is 0 Å². The van der Waals surface area contributed by atoms with Crippen molar-refractivity contribution in [1.29, 1.82) is 0 Å². The first kappa shape index (κ1) is 33.6. The third-order valence-electron chi connectivity index (χ3n) is 3.40. The van der Waals surface area contributed by atoms with Crippen LogP contribution in [-0.2, 0) is 22.6 Å². The molecule has 0 unspecified atom stereocenters. The standard InChI is InChI=1S/C15H35F5N5O5P5/c1-6-11-26-31(16)21-32(17,27-12-7-2)23-34(19,29-14-9-4)25-35(20,30-15-10-5)24-33(18,22-31)28-13-8-3/h6-15H2,1-5H3. The van der Waals surface area contributed by atoms with Crippen LogP contribution in [0.1, 0.15) is 66.7 Å². The van der Waals surface area contributed by atoms with E-state index in [1.807, 2.05) is 0 Å². The van der Waals surface area contributed by atoms with Crippen LogP contribution in [0.3, 0.4) is 0 Å². The van der Waals surface area contributed by atoms with Crippen molar-refractivity contribution < 1.29 is 43.6 Å². The van der Waals surface area contributed by atoms with Crippen LogP contribution in [0.5, 0.6) is 0 Å².